The highest BCUT2D eigenvalue weighted by atomic mass is 32.2. The Morgan fingerprint density at radius 3 is 2.68 bits per heavy atom. The number of hydrogen-bond donors (Lipinski definition) is 2. The molecule has 2 aliphatic heterocycles. The van der Waals surface area contributed by atoms with Crippen molar-refractivity contribution in [3.8, 4) is 0 Å². The molecule has 136 valence electrons. The quantitative estimate of drug-likeness (QED) is 0.746. The lowest BCUT2D eigenvalue weighted by Gasteiger charge is -2.32. The van der Waals surface area contributed by atoms with Crippen molar-refractivity contribution in [1.29, 1.82) is 0 Å². The highest BCUT2D eigenvalue weighted by Crippen LogP contribution is 2.29. The predicted molar refractivity (Wildman–Crippen MR) is 96.0 cm³/mol. The molecular formula is C17H24N4O3S. The van der Waals surface area contributed by atoms with Crippen molar-refractivity contribution in [3.05, 3.63) is 29.8 Å². The number of hydrogen-bond acceptors (Lipinski definition) is 5. The smallest absolute Gasteiger partial charge is 0.285 e. The third-order valence-corrected chi connectivity index (χ3v) is 6.01. The third kappa shape index (κ3) is 3.85. The number of carbonyl (C=O) groups is 1. The first-order chi connectivity index (χ1) is 12.0. The summed E-state index contributed by atoms with van der Waals surface area (Å²) in [4.78, 5) is 14.5. The number of piperidine rings is 1. The molecule has 0 aromatic heterocycles. The van der Waals surface area contributed by atoms with Gasteiger partial charge in [0.25, 0.3) is 10.0 Å². The Hall–Kier alpha value is -1.93. The van der Waals surface area contributed by atoms with Gasteiger partial charge in [-0.05, 0) is 45.0 Å². The molecule has 2 aliphatic rings. The van der Waals surface area contributed by atoms with Gasteiger partial charge >= 0.3 is 0 Å². The summed E-state index contributed by atoms with van der Waals surface area (Å²) in [6, 6.07) is 6.91. The van der Waals surface area contributed by atoms with Crippen LogP contribution in [-0.4, -0.2) is 58.3 Å². The zero-order valence-corrected chi connectivity index (χ0v) is 15.2. The van der Waals surface area contributed by atoms with E-state index in [1.54, 1.807) is 18.2 Å². The number of nitrogens with zero attached hydrogens (tertiary/aromatic N) is 2. The van der Waals surface area contributed by atoms with Crippen molar-refractivity contribution < 1.29 is 13.2 Å². The second-order valence-electron chi connectivity index (χ2n) is 6.40. The van der Waals surface area contributed by atoms with Crippen LogP contribution in [0.25, 0.3) is 0 Å². The minimum absolute atomic E-state index is 0.0142. The Labute approximate surface area is 148 Å². The van der Waals surface area contributed by atoms with Gasteiger partial charge in [0.2, 0.25) is 5.91 Å². The molecule has 25 heavy (non-hydrogen) atoms. The van der Waals surface area contributed by atoms with Crippen LogP contribution in [-0.2, 0) is 14.8 Å². The molecule has 0 saturated carbocycles. The fourth-order valence-electron chi connectivity index (χ4n) is 3.29. The lowest BCUT2D eigenvalue weighted by Crippen LogP contribution is -2.43. The average molecular weight is 364 g/mol. The monoisotopic (exact) mass is 364 g/mol. The fraction of sp³-hybridized carbons (Fsp3) is 0.529. The van der Waals surface area contributed by atoms with Gasteiger partial charge in [-0.2, -0.15) is 8.42 Å². The zero-order chi connectivity index (χ0) is 17.9. The van der Waals surface area contributed by atoms with Crippen LogP contribution >= 0.6 is 0 Å². The van der Waals surface area contributed by atoms with Crippen molar-refractivity contribution in [2.75, 3.05) is 33.2 Å². The van der Waals surface area contributed by atoms with Crippen molar-refractivity contribution in [3.63, 3.8) is 0 Å². The minimum atomic E-state index is -3.59. The summed E-state index contributed by atoms with van der Waals surface area (Å²) in [7, 11) is -1.70. The van der Waals surface area contributed by atoms with Crippen LogP contribution < -0.4 is 10.6 Å². The molecule has 0 radical (unpaired) electrons. The Bertz CT molecular complexity index is 768. The van der Waals surface area contributed by atoms with Crippen LogP contribution in [0.3, 0.4) is 0 Å². The van der Waals surface area contributed by atoms with Crippen molar-refractivity contribution >= 4 is 21.8 Å². The molecule has 2 N–H and O–H groups in total. The van der Waals surface area contributed by atoms with Crippen molar-refractivity contribution in [2.24, 2.45) is 10.3 Å². The summed E-state index contributed by atoms with van der Waals surface area (Å²) in [5, 5.41) is 6.03. The molecule has 0 aliphatic carbocycles. The van der Waals surface area contributed by atoms with E-state index in [0.717, 1.165) is 13.0 Å². The van der Waals surface area contributed by atoms with E-state index in [4.69, 9.17) is 0 Å². The van der Waals surface area contributed by atoms with Gasteiger partial charge < -0.3 is 15.5 Å². The summed E-state index contributed by atoms with van der Waals surface area (Å²) in [5.41, 5.74) is 0.664. The molecule has 1 saturated heterocycles. The first-order valence-corrected chi connectivity index (χ1v) is 10.1. The Balaban J connectivity index is 1.59. The minimum Gasteiger partial charge on any atom is -0.356 e. The van der Waals surface area contributed by atoms with E-state index in [9.17, 15) is 13.2 Å². The van der Waals surface area contributed by atoms with Gasteiger partial charge in [-0.25, -0.2) is 0 Å². The van der Waals surface area contributed by atoms with Crippen molar-refractivity contribution in [2.45, 2.75) is 24.2 Å². The summed E-state index contributed by atoms with van der Waals surface area (Å²) in [6.07, 6.45) is 2.32. The summed E-state index contributed by atoms with van der Waals surface area (Å²) in [5.74, 6) is 0.598. The van der Waals surface area contributed by atoms with Crippen LogP contribution in [0.5, 0.6) is 0 Å². The molecule has 2 heterocycles. The molecule has 0 unspecified atom stereocenters. The molecule has 0 spiro atoms. The van der Waals surface area contributed by atoms with E-state index in [2.05, 4.69) is 15.0 Å². The molecule has 1 aromatic rings. The zero-order valence-electron chi connectivity index (χ0n) is 14.4. The maximum Gasteiger partial charge on any atom is 0.285 e. The van der Waals surface area contributed by atoms with E-state index < -0.39 is 10.0 Å². The second kappa shape index (κ2) is 7.53. The van der Waals surface area contributed by atoms with E-state index >= 15 is 0 Å². The summed E-state index contributed by atoms with van der Waals surface area (Å²) >= 11 is 0. The number of fused-ring (bicyclic) bond motifs is 1. The molecule has 8 heteroatoms. The number of amidine groups is 1. The van der Waals surface area contributed by atoms with Crippen LogP contribution in [0.4, 0.5) is 0 Å². The maximum absolute atomic E-state index is 12.2. The highest BCUT2D eigenvalue weighted by molar-refractivity contribution is 7.90. The van der Waals surface area contributed by atoms with Gasteiger partial charge in [0.05, 0.1) is 0 Å². The van der Waals surface area contributed by atoms with Crippen LogP contribution in [0.15, 0.2) is 33.6 Å². The lowest BCUT2D eigenvalue weighted by atomic mass is 9.95. The van der Waals surface area contributed by atoms with Gasteiger partial charge in [-0.15, -0.1) is 4.40 Å². The molecule has 1 aromatic carbocycles. The topological polar surface area (TPSA) is 90.9 Å². The standard InChI is InChI=1S/C17H24N4O3S/c1-18-9-4-10-19-17(22)13-7-11-21(12-8-13)16-14-5-2-3-6-15(14)25(23,24)20-16/h2-3,5-6,13,18H,4,7-12H2,1H3,(H,19,22). The number of likely N-dealkylation sites (tertiary alicyclic amines) is 1. The molecule has 3 rings (SSSR count). The van der Waals surface area contributed by atoms with E-state index in [-0.39, 0.29) is 16.7 Å². The average Bonchev–Trinajstić information content (AvgIpc) is 2.90. The predicted octanol–water partition coefficient (Wildman–Crippen LogP) is 0.573. The van der Waals surface area contributed by atoms with E-state index in [0.29, 0.717) is 43.9 Å². The number of carbonyl (C=O) groups excluding carboxylic acids is 1. The second-order valence-corrected chi connectivity index (χ2v) is 7.97. The van der Waals surface area contributed by atoms with Gasteiger partial charge in [0.15, 0.2) is 5.84 Å². The highest BCUT2D eigenvalue weighted by Gasteiger charge is 2.34. The first kappa shape index (κ1) is 17.9. The Morgan fingerprint density at radius 2 is 1.96 bits per heavy atom. The maximum atomic E-state index is 12.2. The molecule has 0 bridgehead atoms. The van der Waals surface area contributed by atoms with Gasteiger partial charge in [0, 0.05) is 31.1 Å². The third-order valence-electron chi connectivity index (χ3n) is 4.68. The number of nitrogens with one attached hydrogen (secondary N) is 2. The largest absolute Gasteiger partial charge is 0.356 e. The Kier molecular flexibility index (Phi) is 5.39. The number of amides is 1. The number of sulfonamides is 1. The van der Waals surface area contributed by atoms with Gasteiger partial charge in [0.1, 0.15) is 4.90 Å². The SMILES string of the molecule is CNCCCNC(=O)C1CCN(C2=NS(=O)(=O)c3ccccc32)CC1. The van der Waals surface area contributed by atoms with Gasteiger partial charge in [-0.1, -0.05) is 12.1 Å². The molecule has 1 amide bonds. The molecular weight excluding hydrogens is 340 g/mol. The van der Waals surface area contributed by atoms with Crippen LogP contribution in [0.2, 0.25) is 0 Å². The number of rotatable bonds is 5. The van der Waals surface area contributed by atoms with Crippen molar-refractivity contribution in [1.82, 2.24) is 15.5 Å². The molecule has 1 fully saturated rings. The van der Waals surface area contributed by atoms with Crippen LogP contribution in [0.1, 0.15) is 24.8 Å². The first-order valence-electron chi connectivity index (χ1n) is 8.64. The van der Waals surface area contributed by atoms with E-state index in [1.165, 1.54) is 0 Å². The van der Waals surface area contributed by atoms with E-state index in [1.807, 2.05) is 18.0 Å². The normalized spacial score (nSPS) is 19.4. The molecule has 7 nitrogen and oxygen atoms in total. The summed E-state index contributed by atoms with van der Waals surface area (Å²) < 4.78 is 28.3. The lowest BCUT2D eigenvalue weighted by molar-refractivity contribution is -0.126. The molecule has 0 atom stereocenters. The Morgan fingerprint density at radius 1 is 1.24 bits per heavy atom. The van der Waals surface area contributed by atoms with Gasteiger partial charge in [-0.3, -0.25) is 4.79 Å². The number of benzene rings is 1. The summed E-state index contributed by atoms with van der Waals surface area (Å²) in [6.45, 7) is 2.83. The fourth-order valence-corrected chi connectivity index (χ4v) is 4.52. The van der Waals surface area contributed by atoms with Crippen LogP contribution in [0, 0.1) is 5.92 Å².